The van der Waals surface area contributed by atoms with Crippen molar-refractivity contribution in [1.82, 2.24) is 14.8 Å². The Labute approximate surface area is 123 Å². The van der Waals surface area contributed by atoms with E-state index in [1.54, 1.807) is 19.5 Å². The normalized spacial score (nSPS) is 12.1. The van der Waals surface area contributed by atoms with Crippen LogP contribution in [0.5, 0.6) is 0 Å². The number of methoxy groups -OCH3 is 1. The summed E-state index contributed by atoms with van der Waals surface area (Å²) in [6.07, 6.45) is 2.10. The maximum Gasteiger partial charge on any atom is 0.241 e. The van der Waals surface area contributed by atoms with Crippen molar-refractivity contribution in [2.75, 3.05) is 19.0 Å². The van der Waals surface area contributed by atoms with Crippen LogP contribution in [0.3, 0.4) is 0 Å². The van der Waals surface area contributed by atoms with Crippen molar-refractivity contribution in [3.05, 3.63) is 30.6 Å². The monoisotopic (exact) mass is 289 g/mol. The number of anilines is 1. The van der Waals surface area contributed by atoms with Crippen molar-refractivity contribution in [1.29, 1.82) is 0 Å². The summed E-state index contributed by atoms with van der Waals surface area (Å²) in [5.74, 6) is 0.497. The Morgan fingerprint density at radius 1 is 1.52 bits per heavy atom. The lowest BCUT2D eigenvalue weighted by Gasteiger charge is -2.12. The lowest BCUT2D eigenvalue weighted by molar-refractivity contribution is -0.117. The molecule has 0 aliphatic rings. The minimum atomic E-state index is -0.594. The van der Waals surface area contributed by atoms with E-state index in [2.05, 4.69) is 15.5 Å². The number of nitrogens with zero attached hydrogens (tertiary/aromatic N) is 3. The van der Waals surface area contributed by atoms with Gasteiger partial charge >= 0.3 is 0 Å². The number of carbonyl (C=O) groups excluding carboxylic acids is 1. The number of benzene rings is 1. The number of hydrogen-bond acceptors (Lipinski definition) is 5. The van der Waals surface area contributed by atoms with Crippen LogP contribution in [-0.2, 0) is 16.6 Å². The lowest BCUT2D eigenvalue weighted by atomic mass is 10.1. The van der Waals surface area contributed by atoms with Crippen LogP contribution in [0, 0.1) is 0 Å². The summed E-state index contributed by atoms with van der Waals surface area (Å²) >= 11 is 0. The number of nitrogens with one attached hydrogen (secondary N) is 1. The molecule has 1 aromatic carbocycles. The molecule has 2 rings (SSSR count). The van der Waals surface area contributed by atoms with E-state index in [4.69, 9.17) is 10.5 Å². The molecular weight excluding hydrogens is 270 g/mol. The van der Waals surface area contributed by atoms with E-state index in [-0.39, 0.29) is 5.91 Å². The first kappa shape index (κ1) is 15.1. The highest BCUT2D eigenvalue weighted by molar-refractivity contribution is 5.95. The predicted molar refractivity (Wildman–Crippen MR) is 79.5 cm³/mol. The van der Waals surface area contributed by atoms with Crippen molar-refractivity contribution < 1.29 is 9.53 Å². The number of amides is 1. The summed E-state index contributed by atoms with van der Waals surface area (Å²) in [6, 6.07) is 6.81. The van der Waals surface area contributed by atoms with E-state index in [0.717, 1.165) is 11.4 Å². The van der Waals surface area contributed by atoms with Gasteiger partial charge in [-0.25, -0.2) is 0 Å². The van der Waals surface area contributed by atoms with Crippen LogP contribution in [0.2, 0.25) is 0 Å². The third-order valence-corrected chi connectivity index (χ3v) is 3.07. The SMILES string of the molecule is COCCC(N)C(=O)Nc1cccc(-c2nncn2C)c1. The number of carbonyl (C=O) groups is 1. The van der Waals surface area contributed by atoms with Gasteiger partial charge in [-0.15, -0.1) is 10.2 Å². The Hall–Kier alpha value is -2.25. The number of hydrogen-bond donors (Lipinski definition) is 2. The second-order valence-electron chi connectivity index (χ2n) is 4.72. The van der Waals surface area contributed by atoms with Gasteiger partial charge in [-0.05, 0) is 18.6 Å². The quantitative estimate of drug-likeness (QED) is 0.819. The third-order valence-electron chi connectivity index (χ3n) is 3.07. The number of aromatic nitrogens is 3. The molecule has 7 heteroatoms. The standard InChI is InChI=1S/C14H19N5O2/c1-19-9-16-18-13(19)10-4-3-5-11(8-10)17-14(20)12(15)6-7-21-2/h3-5,8-9,12H,6-7,15H2,1-2H3,(H,17,20). The molecule has 0 radical (unpaired) electrons. The van der Waals surface area contributed by atoms with Gasteiger partial charge in [0, 0.05) is 32.0 Å². The van der Waals surface area contributed by atoms with Crippen molar-refractivity contribution in [3.8, 4) is 11.4 Å². The predicted octanol–water partition coefficient (Wildman–Crippen LogP) is 0.784. The summed E-state index contributed by atoms with van der Waals surface area (Å²) in [6.45, 7) is 0.452. The van der Waals surface area contributed by atoms with Crippen LogP contribution in [0.25, 0.3) is 11.4 Å². The average Bonchev–Trinajstić information content (AvgIpc) is 2.91. The first-order valence-corrected chi connectivity index (χ1v) is 6.61. The summed E-state index contributed by atoms with van der Waals surface area (Å²) in [4.78, 5) is 12.0. The smallest absolute Gasteiger partial charge is 0.241 e. The van der Waals surface area contributed by atoms with Gasteiger partial charge in [0.15, 0.2) is 5.82 Å². The molecule has 2 aromatic rings. The lowest BCUT2D eigenvalue weighted by Crippen LogP contribution is -2.36. The number of nitrogens with two attached hydrogens (primary N) is 1. The number of aryl methyl sites for hydroxylation is 1. The van der Waals surface area contributed by atoms with Gasteiger partial charge in [0.1, 0.15) is 6.33 Å². The zero-order valence-corrected chi connectivity index (χ0v) is 12.1. The van der Waals surface area contributed by atoms with Gasteiger partial charge in [-0.2, -0.15) is 0 Å². The Balaban J connectivity index is 2.08. The third kappa shape index (κ3) is 3.87. The van der Waals surface area contributed by atoms with E-state index in [9.17, 15) is 4.79 Å². The van der Waals surface area contributed by atoms with E-state index in [0.29, 0.717) is 18.7 Å². The number of rotatable bonds is 6. The highest BCUT2D eigenvalue weighted by Gasteiger charge is 2.14. The zero-order valence-electron chi connectivity index (χ0n) is 12.1. The van der Waals surface area contributed by atoms with E-state index in [1.807, 2.05) is 29.8 Å². The molecule has 0 aliphatic carbocycles. The maximum absolute atomic E-state index is 12.0. The Morgan fingerprint density at radius 2 is 2.33 bits per heavy atom. The Bertz CT molecular complexity index is 611. The molecule has 0 fully saturated rings. The van der Waals surface area contributed by atoms with E-state index < -0.39 is 6.04 Å². The molecule has 21 heavy (non-hydrogen) atoms. The molecule has 0 saturated carbocycles. The summed E-state index contributed by atoms with van der Waals surface area (Å²) in [7, 11) is 3.44. The first-order chi connectivity index (χ1) is 10.1. The van der Waals surface area contributed by atoms with Gasteiger partial charge in [0.05, 0.1) is 6.04 Å². The molecule has 3 N–H and O–H groups in total. The summed E-state index contributed by atoms with van der Waals surface area (Å²) in [5, 5.41) is 10.7. The molecule has 1 atom stereocenters. The van der Waals surface area contributed by atoms with Crippen molar-refractivity contribution in [2.45, 2.75) is 12.5 Å². The molecule has 112 valence electrons. The second kappa shape index (κ2) is 6.96. The molecule has 0 spiro atoms. The van der Waals surface area contributed by atoms with Crippen LogP contribution in [0.4, 0.5) is 5.69 Å². The van der Waals surface area contributed by atoms with Gasteiger partial charge in [0.25, 0.3) is 0 Å². The highest BCUT2D eigenvalue weighted by Crippen LogP contribution is 2.20. The van der Waals surface area contributed by atoms with Gasteiger partial charge in [-0.1, -0.05) is 12.1 Å². The molecule has 1 unspecified atom stereocenters. The fourth-order valence-corrected chi connectivity index (χ4v) is 1.89. The van der Waals surface area contributed by atoms with E-state index in [1.165, 1.54) is 0 Å². The highest BCUT2D eigenvalue weighted by atomic mass is 16.5. The van der Waals surface area contributed by atoms with E-state index >= 15 is 0 Å². The van der Waals surface area contributed by atoms with Crippen LogP contribution in [-0.4, -0.2) is 40.4 Å². The molecular formula is C14H19N5O2. The molecule has 0 aliphatic heterocycles. The van der Waals surface area contributed by atoms with Crippen molar-refractivity contribution in [3.63, 3.8) is 0 Å². The summed E-state index contributed by atoms with van der Waals surface area (Å²) < 4.78 is 6.73. The summed E-state index contributed by atoms with van der Waals surface area (Å²) in [5.41, 5.74) is 7.34. The van der Waals surface area contributed by atoms with Crippen LogP contribution >= 0.6 is 0 Å². The first-order valence-electron chi connectivity index (χ1n) is 6.61. The molecule has 1 heterocycles. The van der Waals surface area contributed by atoms with Crippen LogP contribution in [0.1, 0.15) is 6.42 Å². The van der Waals surface area contributed by atoms with Crippen LogP contribution in [0.15, 0.2) is 30.6 Å². The molecule has 0 bridgehead atoms. The average molecular weight is 289 g/mol. The van der Waals surface area contributed by atoms with Crippen molar-refractivity contribution in [2.24, 2.45) is 12.8 Å². The minimum Gasteiger partial charge on any atom is -0.385 e. The minimum absolute atomic E-state index is 0.234. The zero-order chi connectivity index (χ0) is 15.2. The largest absolute Gasteiger partial charge is 0.385 e. The molecule has 1 aromatic heterocycles. The van der Waals surface area contributed by atoms with Crippen molar-refractivity contribution >= 4 is 11.6 Å². The Morgan fingerprint density at radius 3 is 3.00 bits per heavy atom. The molecule has 0 saturated heterocycles. The van der Waals surface area contributed by atoms with Gasteiger partial charge in [0.2, 0.25) is 5.91 Å². The van der Waals surface area contributed by atoms with Gasteiger partial charge < -0.3 is 20.4 Å². The van der Waals surface area contributed by atoms with Crippen LogP contribution < -0.4 is 11.1 Å². The molecule has 7 nitrogen and oxygen atoms in total. The fraction of sp³-hybridized carbons (Fsp3) is 0.357. The topological polar surface area (TPSA) is 95.1 Å². The molecule has 1 amide bonds. The van der Waals surface area contributed by atoms with Gasteiger partial charge in [-0.3, -0.25) is 4.79 Å². The second-order valence-corrected chi connectivity index (χ2v) is 4.72. The fourth-order valence-electron chi connectivity index (χ4n) is 1.89. The number of ether oxygens (including phenoxy) is 1. The Kier molecular flexibility index (Phi) is 5.02. The maximum atomic E-state index is 12.0.